The molecule has 0 amide bonds. The fraction of sp³-hybridized carbons (Fsp3) is 0.0667. The highest BCUT2D eigenvalue weighted by Gasteiger charge is 2.09. The van der Waals surface area contributed by atoms with Crippen LogP contribution in [0.25, 0.3) is 22.0 Å². The number of aromatic hydroxyl groups is 1. The average molecular weight is 316 g/mol. The summed E-state index contributed by atoms with van der Waals surface area (Å²) >= 11 is 0. The van der Waals surface area contributed by atoms with Gasteiger partial charge in [0, 0.05) is 0 Å². The van der Waals surface area contributed by atoms with E-state index in [1.165, 1.54) is 12.4 Å². The molecular formula is C15H12N2O4S. The first kappa shape index (κ1) is 14.3. The fourth-order valence-electron chi connectivity index (χ4n) is 2.33. The molecule has 0 radical (unpaired) electrons. The number of nitrogens with one attached hydrogen (secondary N) is 1. The molecule has 7 heteroatoms. The predicted octanol–water partition coefficient (Wildman–Crippen LogP) is 1.41. The third kappa shape index (κ3) is 2.71. The predicted molar refractivity (Wildman–Crippen MR) is 83.5 cm³/mol. The maximum atomic E-state index is 11.8. The summed E-state index contributed by atoms with van der Waals surface area (Å²) in [6.07, 6.45) is 1.23. The number of thiol groups is 1. The van der Waals surface area contributed by atoms with Gasteiger partial charge < -0.3 is 10.1 Å². The Hall–Kier alpha value is -2.67. The lowest BCUT2D eigenvalue weighted by molar-refractivity contribution is 0.480. The van der Waals surface area contributed by atoms with Gasteiger partial charge in [0.1, 0.15) is 22.0 Å². The van der Waals surface area contributed by atoms with Crippen LogP contribution < -0.4 is 5.56 Å². The van der Waals surface area contributed by atoms with E-state index in [-0.39, 0.29) is 28.0 Å². The number of hydrogen-bond donors (Lipinski definition) is 3. The lowest BCUT2D eigenvalue weighted by atomic mass is 10.0. The zero-order valence-corrected chi connectivity index (χ0v) is 12.2. The van der Waals surface area contributed by atoms with E-state index in [4.69, 9.17) is 0 Å². The van der Waals surface area contributed by atoms with Crippen molar-refractivity contribution in [3.05, 3.63) is 58.6 Å². The molecule has 3 aromatic rings. The van der Waals surface area contributed by atoms with Crippen LogP contribution in [0.1, 0.15) is 5.56 Å². The molecule has 0 aliphatic rings. The Morgan fingerprint density at radius 2 is 1.95 bits per heavy atom. The highest BCUT2D eigenvalue weighted by atomic mass is 32.2. The summed E-state index contributed by atoms with van der Waals surface area (Å²) in [5, 5.41) is 10.3. The number of aromatic nitrogens is 2. The first-order valence-electron chi connectivity index (χ1n) is 6.46. The van der Waals surface area contributed by atoms with Gasteiger partial charge >= 0.3 is 0 Å². The third-order valence-electron chi connectivity index (χ3n) is 3.30. The van der Waals surface area contributed by atoms with Gasteiger partial charge in [-0.25, -0.2) is 13.4 Å². The molecule has 1 heterocycles. The Bertz CT molecular complexity index is 984. The molecule has 0 saturated heterocycles. The summed E-state index contributed by atoms with van der Waals surface area (Å²) in [5.74, 6) is -0.149. The smallest absolute Gasteiger partial charge is 0.258 e. The van der Waals surface area contributed by atoms with Crippen LogP contribution in [-0.4, -0.2) is 23.5 Å². The topological polar surface area (TPSA) is 100 Å². The van der Waals surface area contributed by atoms with Crippen LogP contribution in [-0.2, 0) is 16.5 Å². The zero-order valence-electron chi connectivity index (χ0n) is 11.3. The van der Waals surface area contributed by atoms with Crippen molar-refractivity contribution < 1.29 is 13.5 Å². The highest BCUT2D eigenvalue weighted by molar-refractivity contribution is 7.71. The summed E-state index contributed by atoms with van der Waals surface area (Å²) in [6, 6.07) is 10.1. The normalized spacial score (nSPS) is 11.1. The largest absolute Gasteiger partial charge is 0.506 e. The summed E-state index contributed by atoms with van der Waals surface area (Å²) in [6.45, 7) is 0. The Labute approximate surface area is 127 Å². The quantitative estimate of drug-likeness (QED) is 0.634. The molecule has 0 saturated carbocycles. The maximum Gasteiger partial charge on any atom is 0.258 e. The molecule has 0 aliphatic carbocycles. The number of phenolic OH excluding ortho intramolecular Hbond substituents is 1. The summed E-state index contributed by atoms with van der Waals surface area (Å²) in [7, 11) is -2.51. The van der Waals surface area contributed by atoms with Gasteiger partial charge in [-0.05, 0) is 28.8 Å². The Morgan fingerprint density at radius 1 is 1.14 bits per heavy atom. The van der Waals surface area contributed by atoms with Crippen molar-refractivity contribution in [1.29, 1.82) is 0 Å². The van der Waals surface area contributed by atoms with E-state index < -0.39 is 10.7 Å². The van der Waals surface area contributed by atoms with Crippen molar-refractivity contribution >= 4 is 21.6 Å². The second-order valence-electron chi connectivity index (χ2n) is 4.81. The second-order valence-corrected chi connectivity index (χ2v) is 5.80. The summed E-state index contributed by atoms with van der Waals surface area (Å²) < 4.78 is 21.7. The van der Waals surface area contributed by atoms with E-state index in [1.54, 1.807) is 30.3 Å². The van der Waals surface area contributed by atoms with Gasteiger partial charge in [-0.3, -0.25) is 4.79 Å². The second kappa shape index (κ2) is 5.61. The van der Waals surface area contributed by atoms with Gasteiger partial charge in [-0.15, -0.1) is 0 Å². The number of nitrogens with zero attached hydrogens (tertiary/aromatic N) is 1. The molecule has 0 bridgehead atoms. The Kier molecular flexibility index (Phi) is 3.64. The van der Waals surface area contributed by atoms with Crippen molar-refractivity contribution in [2.24, 2.45) is 0 Å². The molecule has 1 aromatic heterocycles. The van der Waals surface area contributed by atoms with E-state index in [2.05, 4.69) is 9.97 Å². The van der Waals surface area contributed by atoms with Gasteiger partial charge in [0.2, 0.25) is 0 Å². The standard InChI is InChI=1S/C15H12N2O4S/c18-13-6-11(5-12-14(13)16-8-17-15(12)19)10-3-1-2-9(4-10)7-22(20)21/h1-6,8,18,22H,7H2,(H,16,17,19). The van der Waals surface area contributed by atoms with E-state index in [0.717, 1.165) is 5.56 Å². The van der Waals surface area contributed by atoms with E-state index in [9.17, 15) is 18.3 Å². The molecule has 2 N–H and O–H groups in total. The minimum atomic E-state index is -2.51. The molecule has 2 aromatic carbocycles. The average Bonchev–Trinajstić information content (AvgIpc) is 2.48. The molecule has 0 spiro atoms. The van der Waals surface area contributed by atoms with Crippen LogP contribution in [0.3, 0.4) is 0 Å². The van der Waals surface area contributed by atoms with Gasteiger partial charge in [-0.1, -0.05) is 24.3 Å². The van der Waals surface area contributed by atoms with E-state index in [0.29, 0.717) is 11.1 Å². The molecule has 0 unspecified atom stereocenters. The van der Waals surface area contributed by atoms with Gasteiger partial charge in [-0.2, -0.15) is 0 Å². The zero-order chi connectivity index (χ0) is 15.7. The van der Waals surface area contributed by atoms with Crippen LogP contribution in [0.5, 0.6) is 5.75 Å². The fourth-order valence-corrected chi connectivity index (χ4v) is 2.82. The van der Waals surface area contributed by atoms with Crippen molar-refractivity contribution in [3.8, 4) is 16.9 Å². The molecular weight excluding hydrogens is 304 g/mol. The number of phenols is 1. The van der Waals surface area contributed by atoms with Gasteiger partial charge in [0.05, 0.1) is 17.5 Å². The molecule has 0 aliphatic heterocycles. The minimum absolute atomic E-state index is 0.0507. The number of H-pyrrole nitrogens is 1. The van der Waals surface area contributed by atoms with Crippen LogP contribution in [0, 0.1) is 0 Å². The summed E-state index contributed by atoms with van der Waals surface area (Å²) in [4.78, 5) is 18.2. The monoisotopic (exact) mass is 316 g/mol. The summed E-state index contributed by atoms with van der Waals surface area (Å²) in [5.41, 5.74) is 1.86. The maximum absolute atomic E-state index is 11.8. The van der Waals surface area contributed by atoms with Gasteiger partial charge in [0.15, 0.2) is 0 Å². The van der Waals surface area contributed by atoms with Gasteiger partial charge in [0.25, 0.3) is 5.56 Å². The number of rotatable bonds is 3. The number of fused-ring (bicyclic) bond motifs is 1. The van der Waals surface area contributed by atoms with Crippen LogP contribution >= 0.6 is 0 Å². The number of hydrogen-bond acceptors (Lipinski definition) is 5. The first-order valence-corrected chi connectivity index (χ1v) is 7.82. The van der Waals surface area contributed by atoms with Crippen molar-refractivity contribution in [3.63, 3.8) is 0 Å². The lowest BCUT2D eigenvalue weighted by Crippen LogP contribution is -2.06. The SMILES string of the molecule is O=c1[nH]cnc2c(O)cc(-c3cccc(C[SH](=O)=O)c3)cc12. The van der Waals surface area contributed by atoms with Crippen molar-refractivity contribution in [2.75, 3.05) is 0 Å². The Morgan fingerprint density at radius 3 is 2.73 bits per heavy atom. The number of benzene rings is 2. The third-order valence-corrected chi connectivity index (χ3v) is 3.92. The van der Waals surface area contributed by atoms with Crippen LogP contribution in [0.2, 0.25) is 0 Å². The minimum Gasteiger partial charge on any atom is -0.506 e. The highest BCUT2D eigenvalue weighted by Crippen LogP contribution is 2.29. The van der Waals surface area contributed by atoms with Crippen molar-refractivity contribution in [1.82, 2.24) is 9.97 Å². The van der Waals surface area contributed by atoms with Crippen LogP contribution in [0.15, 0.2) is 47.5 Å². The van der Waals surface area contributed by atoms with Crippen molar-refractivity contribution in [2.45, 2.75) is 5.75 Å². The molecule has 112 valence electrons. The molecule has 22 heavy (non-hydrogen) atoms. The van der Waals surface area contributed by atoms with E-state index in [1.807, 2.05) is 0 Å². The number of aromatic amines is 1. The van der Waals surface area contributed by atoms with E-state index >= 15 is 0 Å². The molecule has 0 atom stereocenters. The molecule has 3 rings (SSSR count). The molecule has 0 fully saturated rings. The first-order chi connectivity index (χ1) is 10.5. The molecule has 6 nitrogen and oxygen atoms in total. The Balaban J connectivity index is 2.18. The lowest BCUT2D eigenvalue weighted by Gasteiger charge is -2.07. The van der Waals surface area contributed by atoms with Crippen LogP contribution in [0.4, 0.5) is 0 Å².